The number of pyridine rings is 1. The average molecular weight is 472 g/mol. The van der Waals surface area contributed by atoms with Crippen molar-refractivity contribution in [3.05, 3.63) is 89.7 Å². The SMILES string of the molecule is CN(C(=O)c1ccccn1)[C@@H](Cc1ccccc1)C1CCN(Cc2ccc3nsnc3c2)CC1. The lowest BCUT2D eigenvalue weighted by atomic mass is 9.84. The van der Waals surface area contributed by atoms with E-state index in [1.54, 1.807) is 12.3 Å². The minimum absolute atomic E-state index is 0.00543. The second-order valence-electron chi connectivity index (χ2n) is 9.09. The molecule has 1 amide bonds. The van der Waals surface area contributed by atoms with Crippen LogP contribution in [0.15, 0.2) is 72.9 Å². The quantitative estimate of drug-likeness (QED) is 0.392. The maximum absolute atomic E-state index is 13.3. The van der Waals surface area contributed by atoms with Gasteiger partial charge in [0.2, 0.25) is 0 Å². The van der Waals surface area contributed by atoms with Crippen molar-refractivity contribution in [2.45, 2.75) is 31.8 Å². The maximum atomic E-state index is 13.3. The Morgan fingerprint density at radius 2 is 1.76 bits per heavy atom. The van der Waals surface area contributed by atoms with Gasteiger partial charge >= 0.3 is 0 Å². The highest BCUT2D eigenvalue weighted by atomic mass is 32.1. The summed E-state index contributed by atoms with van der Waals surface area (Å²) in [5.41, 5.74) is 5.00. The van der Waals surface area contributed by atoms with Crippen LogP contribution in [-0.2, 0) is 13.0 Å². The topological polar surface area (TPSA) is 62.2 Å². The van der Waals surface area contributed by atoms with Gasteiger partial charge in [0.15, 0.2) is 0 Å². The Labute approximate surface area is 204 Å². The van der Waals surface area contributed by atoms with Crippen LogP contribution >= 0.6 is 11.7 Å². The van der Waals surface area contributed by atoms with Gasteiger partial charge in [0.05, 0.1) is 11.7 Å². The predicted octanol–water partition coefficient (Wildman–Crippen LogP) is 4.68. The molecule has 1 atom stereocenters. The summed E-state index contributed by atoms with van der Waals surface area (Å²) in [4.78, 5) is 22.0. The smallest absolute Gasteiger partial charge is 0.272 e. The van der Waals surface area contributed by atoms with E-state index in [0.29, 0.717) is 11.6 Å². The molecular formula is C27H29N5OS. The molecule has 1 fully saturated rings. The molecular weight excluding hydrogens is 442 g/mol. The second kappa shape index (κ2) is 10.4. The Morgan fingerprint density at radius 1 is 1.00 bits per heavy atom. The fourth-order valence-electron chi connectivity index (χ4n) is 4.98. The van der Waals surface area contributed by atoms with E-state index in [1.165, 1.54) is 22.9 Å². The van der Waals surface area contributed by atoms with Gasteiger partial charge in [-0.1, -0.05) is 42.5 Å². The molecule has 34 heavy (non-hydrogen) atoms. The van der Waals surface area contributed by atoms with Gasteiger partial charge < -0.3 is 4.90 Å². The van der Waals surface area contributed by atoms with E-state index in [0.717, 1.165) is 49.9 Å². The van der Waals surface area contributed by atoms with Gasteiger partial charge in [-0.2, -0.15) is 8.75 Å². The van der Waals surface area contributed by atoms with E-state index >= 15 is 0 Å². The van der Waals surface area contributed by atoms with Gasteiger partial charge in [-0.05, 0) is 73.7 Å². The molecule has 0 saturated carbocycles. The van der Waals surface area contributed by atoms with Gasteiger partial charge in [-0.25, -0.2) is 0 Å². The summed E-state index contributed by atoms with van der Waals surface area (Å²) in [5, 5.41) is 0. The van der Waals surface area contributed by atoms with Crippen LogP contribution in [0.3, 0.4) is 0 Å². The highest BCUT2D eigenvalue weighted by molar-refractivity contribution is 7.00. The predicted molar refractivity (Wildman–Crippen MR) is 136 cm³/mol. The fraction of sp³-hybridized carbons (Fsp3) is 0.333. The average Bonchev–Trinajstić information content (AvgIpc) is 3.36. The number of piperidine rings is 1. The molecule has 7 heteroatoms. The van der Waals surface area contributed by atoms with Gasteiger partial charge in [-0.15, -0.1) is 0 Å². The van der Waals surface area contributed by atoms with E-state index in [-0.39, 0.29) is 11.9 Å². The molecule has 4 aromatic rings. The van der Waals surface area contributed by atoms with Crippen LogP contribution in [0.2, 0.25) is 0 Å². The number of rotatable bonds is 7. The monoisotopic (exact) mass is 471 g/mol. The van der Waals surface area contributed by atoms with Crippen LogP contribution in [0.1, 0.15) is 34.5 Å². The van der Waals surface area contributed by atoms with Crippen LogP contribution in [0.4, 0.5) is 0 Å². The Hall–Kier alpha value is -3.16. The molecule has 0 unspecified atom stereocenters. The number of fused-ring (bicyclic) bond motifs is 1. The number of nitrogens with zero attached hydrogens (tertiary/aromatic N) is 5. The Kier molecular flexibility index (Phi) is 6.92. The normalized spacial score (nSPS) is 15.9. The summed E-state index contributed by atoms with van der Waals surface area (Å²) >= 11 is 1.26. The minimum atomic E-state index is -0.00543. The first-order chi connectivity index (χ1) is 16.7. The third kappa shape index (κ3) is 5.16. The van der Waals surface area contributed by atoms with Crippen molar-refractivity contribution in [1.82, 2.24) is 23.5 Å². The van der Waals surface area contributed by atoms with Crippen molar-refractivity contribution in [3.63, 3.8) is 0 Å². The standard InChI is InChI=1S/C27H29N5OS/c1-31(27(33)24-9-5-6-14-28-24)26(18-20-7-3-2-4-8-20)22-12-15-32(16-13-22)19-21-10-11-23-25(17-21)30-34-29-23/h2-11,14,17,22,26H,12-13,15-16,18-19H2,1H3/t26-/m0/s1. The summed E-state index contributed by atoms with van der Waals surface area (Å²) in [6.07, 6.45) is 4.68. The molecule has 5 rings (SSSR count). The number of aromatic nitrogens is 3. The molecule has 1 saturated heterocycles. The van der Waals surface area contributed by atoms with E-state index in [4.69, 9.17) is 0 Å². The number of carbonyl (C=O) groups excluding carboxylic acids is 1. The molecule has 2 aromatic heterocycles. The largest absolute Gasteiger partial charge is 0.337 e. The van der Waals surface area contributed by atoms with Crippen molar-refractivity contribution in [1.29, 1.82) is 0 Å². The zero-order valence-electron chi connectivity index (χ0n) is 19.4. The van der Waals surface area contributed by atoms with Crippen LogP contribution in [0.5, 0.6) is 0 Å². The Balaban J connectivity index is 1.28. The molecule has 0 aliphatic carbocycles. The number of carbonyl (C=O) groups is 1. The molecule has 0 N–H and O–H groups in total. The van der Waals surface area contributed by atoms with Gasteiger partial charge in [0, 0.05) is 25.8 Å². The number of hydrogen-bond acceptors (Lipinski definition) is 6. The van der Waals surface area contributed by atoms with Gasteiger partial charge in [0.1, 0.15) is 16.7 Å². The van der Waals surface area contributed by atoms with E-state index in [1.807, 2.05) is 30.1 Å². The van der Waals surface area contributed by atoms with Crippen LogP contribution in [-0.4, -0.2) is 55.6 Å². The van der Waals surface area contributed by atoms with Crippen molar-refractivity contribution in [2.75, 3.05) is 20.1 Å². The molecule has 2 aromatic carbocycles. The van der Waals surface area contributed by atoms with Crippen molar-refractivity contribution < 1.29 is 4.79 Å². The van der Waals surface area contributed by atoms with Crippen LogP contribution in [0, 0.1) is 5.92 Å². The summed E-state index contributed by atoms with van der Waals surface area (Å²) in [7, 11) is 1.94. The first kappa shape index (κ1) is 22.6. The number of amides is 1. The highest BCUT2D eigenvalue weighted by Gasteiger charge is 2.32. The minimum Gasteiger partial charge on any atom is -0.337 e. The van der Waals surface area contributed by atoms with E-state index in [9.17, 15) is 4.79 Å². The summed E-state index contributed by atoms with van der Waals surface area (Å²) < 4.78 is 8.68. The lowest BCUT2D eigenvalue weighted by molar-refractivity contribution is 0.0579. The maximum Gasteiger partial charge on any atom is 0.272 e. The number of likely N-dealkylation sites (N-methyl/N-ethyl adjacent to an activating group) is 1. The molecule has 0 spiro atoms. The summed E-state index contributed by atoms with van der Waals surface area (Å²) in [6, 6.07) is 22.5. The number of hydrogen-bond donors (Lipinski definition) is 0. The molecule has 1 aliphatic rings. The summed E-state index contributed by atoms with van der Waals surface area (Å²) in [5.74, 6) is 0.438. The molecule has 0 radical (unpaired) electrons. The molecule has 1 aliphatic heterocycles. The van der Waals surface area contributed by atoms with Gasteiger partial charge in [-0.3, -0.25) is 14.7 Å². The Morgan fingerprint density at radius 3 is 2.53 bits per heavy atom. The van der Waals surface area contributed by atoms with Crippen molar-refractivity contribution in [3.8, 4) is 0 Å². The van der Waals surface area contributed by atoms with Crippen LogP contribution in [0.25, 0.3) is 11.0 Å². The van der Waals surface area contributed by atoms with E-state index in [2.05, 4.69) is 61.1 Å². The van der Waals surface area contributed by atoms with Gasteiger partial charge in [0.25, 0.3) is 5.91 Å². The fourth-order valence-corrected chi connectivity index (χ4v) is 5.49. The van der Waals surface area contributed by atoms with E-state index < -0.39 is 0 Å². The summed E-state index contributed by atoms with van der Waals surface area (Å²) in [6.45, 7) is 2.97. The second-order valence-corrected chi connectivity index (χ2v) is 9.62. The van der Waals surface area contributed by atoms with Crippen molar-refractivity contribution in [2.24, 2.45) is 5.92 Å². The Bertz CT molecular complexity index is 1220. The zero-order valence-corrected chi connectivity index (χ0v) is 20.2. The third-order valence-corrected chi connectivity index (χ3v) is 7.45. The highest BCUT2D eigenvalue weighted by Crippen LogP contribution is 2.28. The van der Waals surface area contributed by atoms with Crippen LogP contribution < -0.4 is 0 Å². The number of benzene rings is 2. The lowest BCUT2D eigenvalue weighted by Gasteiger charge is -2.40. The van der Waals surface area contributed by atoms with Crippen molar-refractivity contribution >= 4 is 28.7 Å². The molecule has 6 nitrogen and oxygen atoms in total. The molecule has 174 valence electrons. The first-order valence-electron chi connectivity index (χ1n) is 11.8. The first-order valence-corrected chi connectivity index (χ1v) is 12.6. The number of likely N-dealkylation sites (tertiary alicyclic amines) is 1. The third-order valence-electron chi connectivity index (χ3n) is 6.89. The lowest BCUT2D eigenvalue weighted by Crippen LogP contribution is -2.47. The molecule has 0 bridgehead atoms. The molecule has 3 heterocycles. The zero-order chi connectivity index (χ0) is 23.3.